The van der Waals surface area contributed by atoms with Crippen LogP contribution < -0.4 is 4.72 Å². The third kappa shape index (κ3) is 5.38. The summed E-state index contributed by atoms with van der Waals surface area (Å²) in [7, 11) is -3.38. The van der Waals surface area contributed by atoms with Gasteiger partial charge in [0.25, 0.3) is 0 Å². The van der Waals surface area contributed by atoms with Crippen molar-refractivity contribution in [3.63, 3.8) is 0 Å². The van der Waals surface area contributed by atoms with Crippen LogP contribution in [-0.2, 0) is 10.0 Å². The Morgan fingerprint density at radius 1 is 1.24 bits per heavy atom. The maximum atomic E-state index is 11.9. The van der Waals surface area contributed by atoms with E-state index in [0.29, 0.717) is 12.4 Å². The van der Waals surface area contributed by atoms with Gasteiger partial charge in [0.2, 0.25) is 10.0 Å². The number of alkyl halides is 1. The molecule has 0 fully saturated rings. The molecule has 1 N–H and O–H groups in total. The number of halogens is 2. The highest BCUT2D eigenvalue weighted by Crippen LogP contribution is 2.15. The minimum absolute atomic E-state index is 0.282. The highest BCUT2D eigenvalue weighted by atomic mass is 79.9. The van der Waals surface area contributed by atoms with E-state index in [0.717, 1.165) is 23.7 Å². The second-order valence-corrected chi connectivity index (χ2v) is 6.67. The molecule has 0 atom stereocenters. The van der Waals surface area contributed by atoms with Crippen LogP contribution in [0.4, 0.5) is 0 Å². The number of rotatable bonds is 7. The number of nitrogens with one attached hydrogen (secondary N) is 1. The zero-order chi connectivity index (χ0) is 12.7. The Hall–Kier alpha value is -0.100. The van der Waals surface area contributed by atoms with Gasteiger partial charge in [-0.1, -0.05) is 28.4 Å². The van der Waals surface area contributed by atoms with E-state index in [1.807, 2.05) is 0 Å². The van der Waals surface area contributed by atoms with Crippen molar-refractivity contribution in [2.24, 2.45) is 0 Å². The van der Waals surface area contributed by atoms with Crippen LogP contribution in [0.5, 0.6) is 0 Å². The molecule has 0 saturated heterocycles. The molecule has 0 spiro atoms. The molecular formula is C11H15BrClNO2S. The highest BCUT2D eigenvalue weighted by Gasteiger charge is 2.12. The van der Waals surface area contributed by atoms with E-state index in [4.69, 9.17) is 11.6 Å². The molecule has 0 bridgehead atoms. The van der Waals surface area contributed by atoms with E-state index in [9.17, 15) is 8.42 Å². The Kier molecular flexibility index (Phi) is 6.48. The molecule has 0 radical (unpaired) electrons. The average Bonchev–Trinajstić information content (AvgIpc) is 2.29. The molecule has 1 aromatic carbocycles. The van der Waals surface area contributed by atoms with Crippen LogP contribution >= 0.6 is 27.5 Å². The fourth-order valence-electron chi connectivity index (χ4n) is 1.32. The van der Waals surface area contributed by atoms with E-state index < -0.39 is 10.0 Å². The molecule has 0 amide bonds. The van der Waals surface area contributed by atoms with Crippen molar-refractivity contribution < 1.29 is 8.42 Å². The lowest BCUT2D eigenvalue weighted by Crippen LogP contribution is -2.24. The summed E-state index contributed by atoms with van der Waals surface area (Å²) in [6.45, 7) is 0.450. The molecule has 1 rings (SSSR count). The molecule has 6 heteroatoms. The van der Waals surface area contributed by atoms with Gasteiger partial charge in [-0.25, -0.2) is 13.1 Å². The molecule has 17 heavy (non-hydrogen) atoms. The lowest BCUT2D eigenvalue weighted by Gasteiger charge is -2.06. The van der Waals surface area contributed by atoms with Crippen LogP contribution in [0, 0.1) is 0 Å². The average molecular weight is 341 g/mol. The number of hydrogen-bond acceptors (Lipinski definition) is 2. The summed E-state index contributed by atoms with van der Waals surface area (Å²) < 4.78 is 27.0. The predicted octanol–water partition coefficient (Wildman–Crippen LogP) is 3.14. The molecule has 0 unspecified atom stereocenters. The number of hydrogen-bond donors (Lipinski definition) is 1. The highest BCUT2D eigenvalue weighted by molar-refractivity contribution is 9.10. The SMILES string of the molecule is O=S(=O)(NCCCCCCl)c1cccc(Br)c1. The first-order valence-electron chi connectivity index (χ1n) is 5.37. The van der Waals surface area contributed by atoms with E-state index in [2.05, 4.69) is 20.7 Å². The summed E-state index contributed by atoms with van der Waals surface area (Å²) in [4.78, 5) is 0.282. The van der Waals surface area contributed by atoms with Gasteiger partial charge < -0.3 is 0 Å². The lowest BCUT2D eigenvalue weighted by molar-refractivity contribution is 0.576. The lowest BCUT2D eigenvalue weighted by atomic mass is 10.2. The first-order valence-corrected chi connectivity index (χ1v) is 8.18. The van der Waals surface area contributed by atoms with E-state index in [-0.39, 0.29) is 4.90 Å². The van der Waals surface area contributed by atoms with Crippen molar-refractivity contribution in [3.05, 3.63) is 28.7 Å². The third-order valence-electron chi connectivity index (χ3n) is 2.21. The first kappa shape index (κ1) is 15.0. The van der Waals surface area contributed by atoms with Crippen molar-refractivity contribution in [3.8, 4) is 0 Å². The maximum absolute atomic E-state index is 11.9. The second kappa shape index (κ2) is 7.36. The van der Waals surface area contributed by atoms with Gasteiger partial charge in [-0.3, -0.25) is 0 Å². The topological polar surface area (TPSA) is 46.2 Å². The van der Waals surface area contributed by atoms with Crippen LogP contribution in [0.2, 0.25) is 0 Å². The van der Waals surface area contributed by atoms with Gasteiger partial charge in [0, 0.05) is 16.9 Å². The second-order valence-electron chi connectivity index (χ2n) is 3.60. The third-order valence-corrected chi connectivity index (χ3v) is 4.43. The minimum Gasteiger partial charge on any atom is -0.211 e. The van der Waals surface area contributed by atoms with Crippen molar-refractivity contribution >= 4 is 37.6 Å². The summed E-state index contributed by atoms with van der Waals surface area (Å²) in [6.07, 6.45) is 2.66. The molecule has 0 aliphatic heterocycles. The summed E-state index contributed by atoms with van der Waals surface area (Å²) in [5, 5.41) is 0. The van der Waals surface area contributed by atoms with Gasteiger partial charge in [-0.05, 0) is 31.0 Å². The largest absolute Gasteiger partial charge is 0.240 e. The standard InChI is InChI=1S/C11H15BrClNO2S/c12-10-5-4-6-11(9-10)17(15,16)14-8-3-1-2-7-13/h4-6,9,14H,1-3,7-8H2. The Morgan fingerprint density at radius 3 is 2.65 bits per heavy atom. The molecule has 96 valence electrons. The molecule has 1 aromatic rings. The van der Waals surface area contributed by atoms with Crippen LogP contribution in [0.15, 0.2) is 33.6 Å². The van der Waals surface area contributed by atoms with E-state index in [1.54, 1.807) is 24.3 Å². The quantitative estimate of drug-likeness (QED) is 0.612. The molecule has 3 nitrogen and oxygen atoms in total. The smallest absolute Gasteiger partial charge is 0.211 e. The fraction of sp³-hybridized carbons (Fsp3) is 0.455. The maximum Gasteiger partial charge on any atom is 0.240 e. The van der Waals surface area contributed by atoms with Gasteiger partial charge in [-0.15, -0.1) is 11.6 Å². The minimum atomic E-state index is -3.38. The zero-order valence-corrected chi connectivity index (χ0v) is 12.5. The molecule has 0 aromatic heterocycles. The molecule has 0 saturated carbocycles. The number of sulfonamides is 1. The molecular weight excluding hydrogens is 326 g/mol. The van der Waals surface area contributed by atoms with Crippen molar-refractivity contribution in [2.45, 2.75) is 24.2 Å². The molecule has 0 heterocycles. The normalized spacial score (nSPS) is 11.6. The van der Waals surface area contributed by atoms with Crippen LogP contribution in [0.1, 0.15) is 19.3 Å². The Morgan fingerprint density at radius 2 is 2.00 bits per heavy atom. The predicted molar refractivity (Wildman–Crippen MR) is 73.9 cm³/mol. The number of unbranched alkanes of at least 4 members (excludes halogenated alkanes) is 2. The first-order chi connectivity index (χ1) is 8.06. The van der Waals surface area contributed by atoms with Crippen LogP contribution in [0.25, 0.3) is 0 Å². The Labute approximate surface area is 116 Å². The monoisotopic (exact) mass is 339 g/mol. The zero-order valence-electron chi connectivity index (χ0n) is 9.33. The number of benzene rings is 1. The van der Waals surface area contributed by atoms with Gasteiger partial charge >= 0.3 is 0 Å². The van der Waals surface area contributed by atoms with Gasteiger partial charge in [0.15, 0.2) is 0 Å². The van der Waals surface area contributed by atoms with Crippen LogP contribution in [0.3, 0.4) is 0 Å². The van der Waals surface area contributed by atoms with E-state index in [1.165, 1.54) is 0 Å². The molecule has 0 aliphatic rings. The van der Waals surface area contributed by atoms with Gasteiger partial charge in [-0.2, -0.15) is 0 Å². The van der Waals surface area contributed by atoms with Gasteiger partial charge in [0.05, 0.1) is 4.90 Å². The summed E-state index contributed by atoms with van der Waals surface area (Å²) >= 11 is 8.79. The summed E-state index contributed by atoms with van der Waals surface area (Å²) in [5.41, 5.74) is 0. The van der Waals surface area contributed by atoms with Crippen molar-refractivity contribution in [2.75, 3.05) is 12.4 Å². The van der Waals surface area contributed by atoms with Crippen LogP contribution in [-0.4, -0.2) is 20.8 Å². The molecule has 0 aliphatic carbocycles. The summed E-state index contributed by atoms with van der Waals surface area (Å²) in [5.74, 6) is 0.623. The van der Waals surface area contributed by atoms with Crippen molar-refractivity contribution in [1.29, 1.82) is 0 Å². The fourth-order valence-corrected chi connectivity index (χ4v) is 3.18. The van der Waals surface area contributed by atoms with E-state index >= 15 is 0 Å². The Bertz CT molecular complexity index is 451. The Balaban J connectivity index is 2.51. The van der Waals surface area contributed by atoms with Gasteiger partial charge in [0.1, 0.15) is 0 Å². The van der Waals surface area contributed by atoms with Crippen molar-refractivity contribution in [1.82, 2.24) is 4.72 Å². The summed E-state index contributed by atoms with van der Waals surface area (Å²) in [6, 6.07) is 6.65.